The van der Waals surface area contributed by atoms with Gasteiger partial charge in [-0.25, -0.2) is 9.78 Å². The quantitative estimate of drug-likeness (QED) is 0.761. The first kappa shape index (κ1) is 20.5. The summed E-state index contributed by atoms with van der Waals surface area (Å²) in [6.07, 6.45) is 2.30. The summed E-state index contributed by atoms with van der Waals surface area (Å²) in [6.45, 7) is 9.31. The van der Waals surface area contributed by atoms with Crippen molar-refractivity contribution >= 4 is 33.4 Å². The summed E-state index contributed by atoms with van der Waals surface area (Å²) in [5.41, 5.74) is 0.252. The number of hydrogen-bond donors (Lipinski definition) is 2. The molecule has 0 aromatic carbocycles. The van der Waals surface area contributed by atoms with Crippen molar-refractivity contribution in [3.8, 4) is 0 Å². The Morgan fingerprint density at radius 3 is 2.71 bits per heavy atom. The van der Waals surface area contributed by atoms with Gasteiger partial charge in [-0.2, -0.15) is 0 Å². The van der Waals surface area contributed by atoms with Gasteiger partial charge in [0.1, 0.15) is 15.5 Å². The number of thiophene rings is 1. The van der Waals surface area contributed by atoms with E-state index in [0.29, 0.717) is 38.3 Å². The molecule has 2 heterocycles. The number of aryl methyl sites for hydroxylation is 2. The lowest BCUT2D eigenvalue weighted by molar-refractivity contribution is -0.130. The van der Waals surface area contributed by atoms with Crippen LogP contribution in [0.15, 0.2) is 4.79 Å². The molecule has 0 radical (unpaired) electrons. The molecule has 0 saturated heterocycles. The molecule has 1 fully saturated rings. The van der Waals surface area contributed by atoms with Crippen LogP contribution in [0.1, 0.15) is 61.1 Å². The van der Waals surface area contributed by atoms with E-state index in [9.17, 15) is 14.4 Å². The molecule has 2 aromatic heterocycles. The van der Waals surface area contributed by atoms with Crippen LogP contribution in [0, 0.1) is 25.7 Å². The minimum atomic E-state index is -0.908. The molecule has 1 amide bonds. The highest BCUT2D eigenvalue weighted by Gasteiger charge is 2.30. The van der Waals surface area contributed by atoms with Crippen molar-refractivity contribution in [1.82, 2.24) is 15.3 Å². The Kier molecular flexibility index (Phi) is 5.88. The highest BCUT2D eigenvalue weighted by molar-refractivity contribution is 7.20. The minimum Gasteiger partial charge on any atom is -0.448 e. The number of carbonyl (C=O) groups excluding carboxylic acids is 2. The number of amides is 1. The predicted molar refractivity (Wildman–Crippen MR) is 109 cm³/mol. The van der Waals surface area contributed by atoms with Gasteiger partial charge >= 0.3 is 5.97 Å². The maximum Gasteiger partial charge on any atom is 0.349 e. The van der Waals surface area contributed by atoms with Crippen molar-refractivity contribution in [3.63, 3.8) is 0 Å². The van der Waals surface area contributed by atoms with E-state index >= 15 is 0 Å². The zero-order valence-electron chi connectivity index (χ0n) is 16.9. The number of aromatic amines is 1. The van der Waals surface area contributed by atoms with Crippen LogP contribution >= 0.6 is 11.3 Å². The SMILES string of the molecule is Cc1nc2sc(C(=O)O[C@H](C)C(=O)N[C@@H]3CCC[C@H](C)[C@@H]3C)c(C)c2c(=O)[nH]1. The number of nitrogens with one attached hydrogen (secondary N) is 2. The van der Waals surface area contributed by atoms with Gasteiger partial charge in [0, 0.05) is 6.04 Å². The molecular formula is C20H27N3O4S. The monoisotopic (exact) mass is 405 g/mol. The van der Waals surface area contributed by atoms with Crippen molar-refractivity contribution in [2.75, 3.05) is 0 Å². The molecule has 1 aliphatic rings. The van der Waals surface area contributed by atoms with Crippen LogP contribution in [-0.2, 0) is 9.53 Å². The smallest absolute Gasteiger partial charge is 0.349 e. The zero-order valence-corrected chi connectivity index (χ0v) is 17.7. The first-order valence-electron chi connectivity index (χ1n) is 9.70. The summed E-state index contributed by atoms with van der Waals surface area (Å²) < 4.78 is 5.40. The molecule has 3 rings (SSSR count). The lowest BCUT2D eigenvalue weighted by Crippen LogP contribution is -2.47. The number of carbonyl (C=O) groups is 2. The van der Waals surface area contributed by atoms with E-state index in [0.717, 1.165) is 24.2 Å². The highest BCUT2D eigenvalue weighted by Crippen LogP contribution is 2.30. The molecule has 2 aromatic rings. The Balaban J connectivity index is 1.71. The first-order chi connectivity index (χ1) is 13.2. The minimum absolute atomic E-state index is 0.106. The van der Waals surface area contributed by atoms with Crippen LogP contribution in [0.25, 0.3) is 10.2 Å². The average Bonchev–Trinajstić information content (AvgIpc) is 2.95. The molecule has 0 bridgehead atoms. The second-order valence-electron chi connectivity index (χ2n) is 7.82. The second-order valence-corrected chi connectivity index (χ2v) is 8.82. The summed E-state index contributed by atoms with van der Waals surface area (Å²) in [5.74, 6) is 0.552. The summed E-state index contributed by atoms with van der Waals surface area (Å²) in [4.78, 5) is 45.0. The van der Waals surface area contributed by atoms with Crippen LogP contribution in [0.4, 0.5) is 0 Å². The van der Waals surface area contributed by atoms with Crippen LogP contribution in [-0.4, -0.2) is 34.0 Å². The third-order valence-electron chi connectivity index (χ3n) is 5.79. The number of esters is 1. The third-order valence-corrected chi connectivity index (χ3v) is 6.96. The van der Waals surface area contributed by atoms with Gasteiger partial charge in [-0.15, -0.1) is 11.3 Å². The number of hydrogen-bond acceptors (Lipinski definition) is 6. The molecule has 0 aliphatic heterocycles. The van der Waals surface area contributed by atoms with E-state index in [1.807, 2.05) is 0 Å². The number of fused-ring (bicyclic) bond motifs is 1. The lowest BCUT2D eigenvalue weighted by Gasteiger charge is -2.35. The van der Waals surface area contributed by atoms with Gasteiger partial charge in [0.2, 0.25) is 0 Å². The summed E-state index contributed by atoms with van der Waals surface area (Å²) >= 11 is 1.11. The van der Waals surface area contributed by atoms with Crippen LogP contribution in [0.3, 0.4) is 0 Å². The Hall–Kier alpha value is -2.22. The van der Waals surface area contributed by atoms with E-state index in [4.69, 9.17) is 4.74 Å². The van der Waals surface area contributed by atoms with E-state index < -0.39 is 12.1 Å². The first-order valence-corrected chi connectivity index (χ1v) is 10.5. The number of aromatic nitrogens is 2. The summed E-state index contributed by atoms with van der Waals surface area (Å²) in [5, 5.41) is 3.43. The Bertz CT molecular complexity index is 964. The number of nitrogens with zero attached hydrogens (tertiary/aromatic N) is 1. The molecule has 4 atom stereocenters. The van der Waals surface area contributed by atoms with Crippen molar-refractivity contribution in [2.45, 2.75) is 66.0 Å². The molecule has 7 nitrogen and oxygen atoms in total. The topological polar surface area (TPSA) is 101 Å². The number of ether oxygens (including phenoxy) is 1. The molecule has 1 aliphatic carbocycles. The van der Waals surface area contributed by atoms with E-state index in [-0.39, 0.29) is 17.5 Å². The fraction of sp³-hybridized carbons (Fsp3) is 0.600. The van der Waals surface area contributed by atoms with Gasteiger partial charge in [-0.1, -0.05) is 26.7 Å². The van der Waals surface area contributed by atoms with Crippen molar-refractivity contribution in [3.05, 3.63) is 26.6 Å². The second kappa shape index (κ2) is 8.03. The Labute approximate surface area is 167 Å². The van der Waals surface area contributed by atoms with Crippen LogP contribution in [0.5, 0.6) is 0 Å². The largest absolute Gasteiger partial charge is 0.448 e. The third kappa shape index (κ3) is 3.97. The van der Waals surface area contributed by atoms with Crippen molar-refractivity contribution in [1.29, 1.82) is 0 Å². The molecule has 0 spiro atoms. The van der Waals surface area contributed by atoms with Crippen molar-refractivity contribution < 1.29 is 14.3 Å². The predicted octanol–water partition coefficient (Wildman–Crippen LogP) is 3.09. The van der Waals surface area contributed by atoms with E-state index in [1.54, 1.807) is 20.8 Å². The fourth-order valence-electron chi connectivity index (χ4n) is 3.80. The Morgan fingerprint density at radius 2 is 2.00 bits per heavy atom. The maximum atomic E-state index is 12.6. The molecule has 2 N–H and O–H groups in total. The number of H-pyrrole nitrogens is 1. The van der Waals surface area contributed by atoms with Gasteiger partial charge in [0.15, 0.2) is 6.10 Å². The molecule has 1 saturated carbocycles. The van der Waals surface area contributed by atoms with E-state index in [2.05, 4.69) is 29.1 Å². The van der Waals surface area contributed by atoms with Gasteiger partial charge in [-0.3, -0.25) is 9.59 Å². The maximum absolute atomic E-state index is 12.6. The number of rotatable bonds is 4. The van der Waals surface area contributed by atoms with Crippen LogP contribution < -0.4 is 10.9 Å². The normalized spacial score (nSPS) is 23.4. The lowest BCUT2D eigenvalue weighted by atomic mass is 9.78. The fourth-order valence-corrected chi connectivity index (χ4v) is 4.91. The Morgan fingerprint density at radius 1 is 1.29 bits per heavy atom. The molecule has 152 valence electrons. The summed E-state index contributed by atoms with van der Waals surface area (Å²) in [6, 6.07) is 0.106. The molecule has 28 heavy (non-hydrogen) atoms. The summed E-state index contributed by atoms with van der Waals surface area (Å²) in [7, 11) is 0. The highest BCUT2D eigenvalue weighted by atomic mass is 32.1. The molecule has 8 heteroatoms. The average molecular weight is 406 g/mol. The van der Waals surface area contributed by atoms with Crippen LogP contribution in [0.2, 0.25) is 0 Å². The van der Waals surface area contributed by atoms with Gasteiger partial charge < -0.3 is 15.0 Å². The van der Waals surface area contributed by atoms with E-state index in [1.165, 1.54) is 6.42 Å². The van der Waals surface area contributed by atoms with Gasteiger partial charge in [-0.05, 0) is 44.6 Å². The van der Waals surface area contributed by atoms with Gasteiger partial charge in [0.25, 0.3) is 11.5 Å². The molecular weight excluding hydrogens is 378 g/mol. The van der Waals surface area contributed by atoms with Crippen molar-refractivity contribution in [2.24, 2.45) is 11.8 Å². The van der Waals surface area contributed by atoms with Gasteiger partial charge in [0.05, 0.1) is 5.39 Å². The standard InChI is InChI=1S/C20H27N3O4S/c1-9-7-6-8-14(10(9)2)23-17(24)12(4)27-20(26)16-11(3)15-18(25)21-13(5)22-19(15)28-16/h9-10,12,14H,6-8H2,1-5H3,(H,23,24)(H,21,22,25)/t9-,10-,12+,14+/m0/s1. The zero-order chi connectivity index (χ0) is 20.6. The molecule has 0 unspecified atom stereocenters.